The highest BCUT2D eigenvalue weighted by Crippen LogP contribution is 2.28. The lowest BCUT2D eigenvalue weighted by Gasteiger charge is -2.34. The fourth-order valence-electron chi connectivity index (χ4n) is 2.34. The number of H-pyrrole nitrogens is 1. The van der Waals surface area contributed by atoms with E-state index in [2.05, 4.69) is 4.98 Å². The van der Waals surface area contributed by atoms with Crippen LogP contribution in [0.5, 0.6) is 0 Å². The molecule has 2 unspecified atom stereocenters. The first-order chi connectivity index (χ1) is 8.43. The number of sulfonamides is 1. The van der Waals surface area contributed by atoms with E-state index in [1.54, 1.807) is 13.1 Å². The molecule has 0 aromatic carbocycles. The van der Waals surface area contributed by atoms with Gasteiger partial charge in [-0.2, -0.15) is 4.31 Å². The molecule has 0 bridgehead atoms. The van der Waals surface area contributed by atoms with Crippen LogP contribution in [0.3, 0.4) is 0 Å². The van der Waals surface area contributed by atoms with Crippen molar-refractivity contribution in [1.82, 2.24) is 9.29 Å². The van der Waals surface area contributed by atoms with E-state index in [0.717, 1.165) is 0 Å². The molecule has 0 radical (unpaired) electrons. The van der Waals surface area contributed by atoms with Gasteiger partial charge in [0.05, 0.1) is 10.8 Å². The van der Waals surface area contributed by atoms with Crippen LogP contribution in [0.1, 0.15) is 19.8 Å². The number of nitrogens with zero attached hydrogens (tertiary/aromatic N) is 1. The van der Waals surface area contributed by atoms with Gasteiger partial charge >= 0.3 is 5.97 Å². The predicted molar refractivity (Wildman–Crippen MR) is 64.5 cm³/mol. The second kappa shape index (κ2) is 4.74. The third-order valence-electron chi connectivity index (χ3n) is 3.34. The van der Waals surface area contributed by atoms with Gasteiger partial charge in [0.15, 0.2) is 0 Å². The summed E-state index contributed by atoms with van der Waals surface area (Å²) in [7, 11) is -3.51. The second-order valence-electron chi connectivity index (χ2n) is 4.57. The first-order valence-corrected chi connectivity index (χ1v) is 7.24. The van der Waals surface area contributed by atoms with Gasteiger partial charge in [0.2, 0.25) is 10.0 Å². The van der Waals surface area contributed by atoms with Crippen molar-refractivity contribution < 1.29 is 18.3 Å². The van der Waals surface area contributed by atoms with E-state index in [-0.39, 0.29) is 17.5 Å². The molecular weight excluding hydrogens is 256 g/mol. The van der Waals surface area contributed by atoms with Gasteiger partial charge in [0, 0.05) is 25.0 Å². The number of piperidine rings is 1. The Labute approximate surface area is 106 Å². The lowest BCUT2D eigenvalue weighted by molar-refractivity contribution is -0.143. The van der Waals surface area contributed by atoms with Crippen LogP contribution in [0.4, 0.5) is 0 Å². The molecule has 7 heteroatoms. The molecule has 1 aliphatic heterocycles. The zero-order valence-electron chi connectivity index (χ0n) is 10.0. The van der Waals surface area contributed by atoms with Crippen LogP contribution in [0.15, 0.2) is 23.4 Å². The number of rotatable bonds is 3. The fraction of sp³-hybridized carbons (Fsp3) is 0.545. The molecule has 6 nitrogen and oxygen atoms in total. The van der Waals surface area contributed by atoms with Gasteiger partial charge < -0.3 is 10.1 Å². The average Bonchev–Trinajstić information content (AvgIpc) is 2.82. The summed E-state index contributed by atoms with van der Waals surface area (Å²) < 4.78 is 26.0. The van der Waals surface area contributed by atoms with Crippen molar-refractivity contribution in [3.8, 4) is 0 Å². The maximum absolute atomic E-state index is 12.3. The van der Waals surface area contributed by atoms with Gasteiger partial charge in [-0.3, -0.25) is 4.79 Å². The Kier molecular flexibility index (Phi) is 3.45. The Balaban J connectivity index is 2.19. The van der Waals surface area contributed by atoms with E-state index in [0.29, 0.717) is 12.8 Å². The van der Waals surface area contributed by atoms with E-state index in [1.807, 2.05) is 0 Å². The highest BCUT2D eigenvalue weighted by Gasteiger charge is 2.36. The molecule has 2 atom stereocenters. The SMILES string of the molecule is CC1CC(C(=O)O)CCN1S(=O)(=O)c1cc[nH]c1. The number of aromatic nitrogens is 1. The maximum atomic E-state index is 12.3. The Morgan fingerprint density at radius 3 is 2.78 bits per heavy atom. The summed E-state index contributed by atoms with van der Waals surface area (Å²) in [5.41, 5.74) is 0. The quantitative estimate of drug-likeness (QED) is 0.855. The Bertz CT molecular complexity index is 523. The summed E-state index contributed by atoms with van der Waals surface area (Å²) in [6.45, 7) is 2.00. The van der Waals surface area contributed by atoms with E-state index in [4.69, 9.17) is 5.11 Å². The number of hydrogen-bond donors (Lipinski definition) is 2. The van der Waals surface area contributed by atoms with Crippen molar-refractivity contribution in [2.45, 2.75) is 30.7 Å². The van der Waals surface area contributed by atoms with Crippen LogP contribution in [0, 0.1) is 5.92 Å². The zero-order valence-corrected chi connectivity index (χ0v) is 10.9. The molecule has 2 N–H and O–H groups in total. The third kappa shape index (κ3) is 2.28. The molecule has 0 spiro atoms. The van der Waals surface area contributed by atoms with Gasteiger partial charge in [-0.25, -0.2) is 8.42 Å². The molecule has 0 aliphatic carbocycles. The maximum Gasteiger partial charge on any atom is 0.306 e. The van der Waals surface area contributed by atoms with Crippen molar-refractivity contribution in [2.75, 3.05) is 6.54 Å². The molecule has 1 aromatic rings. The first kappa shape index (κ1) is 13.1. The standard InChI is InChI=1S/C11H16N2O4S/c1-8-6-9(11(14)15)3-5-13(8)18(16,17)10-2-4-12-7-10/h2,4,7-9,12H,3,5-6H2,1H3,(H,14,15). The van der Waals surface area contributed by atoms with E-state index in [1.165, 1.54) is 16.6 Å². The van der Waals surface area contributed by atoms with Crippen LogP contribution >= 0.6 is 0 Å². The summed E-state index contributed by atoms with van der Waals surface area (Å²) in [6.07, 6.45) is 3.72. The predicted octanol–water partition coefficient (Wildman–Crippen LogP) is 0.888. The number of carbonyl (C=O) groups is 1. The fourth-order valence-corrected chi connectivity index (χ4v) is 3.97. The molecule has 0 saturated carbocycles. The van der Waals surface area contributed by atoms with Crippen molar-refractivity contribution in [3.05, 3.63) is 18.5 Å². The Morgan fingerprint density at radius 1 is 1.56 bits per heavy atom. The van der Waals surface area contributed by atoms with Crippen molar-refractivity contribution >= 4 is 16.0 Å². The minimum absolute atomic E-state index is 0.225. The Hall–Kier alpha value is -1.34. The number of hydrogen-bond acceptors (Lipinski definition) is 3. The zero-order chi connectivity index (χ0) is 13.3. The van der Waals surface area contributed by atoms with Crippen molar-refractivity contribution in [3.63, 3.8) is 0 Å². The smallest absolute Gasteiger partial charge is 0.306 e. The summed E-state index contributed by atoms with van der Waals surface area (Å²) in [5.74, 6) is -1.29. The van der Waals surface area contributed by atoms with Crippen LogP contribution in [-0.4, -0.2) is 41.4 Å². The van der Waals surface area contributed by atoms with Crippen LogP contribution in [0.25, 0.3) is 0 Å². The van der Waals surface area contributed by atoms with Crippen LogP contribution in [0.2, 0.25) is 0 Å². The lowest BCUT2D eigenvalue weighted by Crippen LogP contribution is -2.45. The number of carboxylic acids is 1. The normalized spacial score (nSPS) is 26.1. The number of nitrogens with one attached hydrogen (secondary N) is 1. The molecular formula is C11H16N2O4S. The van der Waals surface area contributed by atoms with Gasteiger partial charge in [-0.15, -0.1) is 0 Å². The van der Waals surface area contributed by atoms with Crippen LogP contribution < -0.4 is 0 Å². The molecule has 1 aromatic heterocycles. The highest BCUT2D eigenvalue weighted by atomic mass is 32.2. The third-order valence-corrected chi connectivity index (χ3v) is 5.35. The first-order valence-electron chi connectivity index (χ1n) is 5.80. The summed E-state index contributed by atoms with van der Waals surface area (Å²) in [4.78, 5) is 13.9. The average molecular weight is 272 g/mol. The topological polar surface area (TPSA) is 90.5 Å². The van der Waals surface area contributed by atoms with E-state index < -0.39 is 21.9 Å². The van der Waals surface area contributed by atoms with Crippen molar-refractivity contribution in [1.29, 1.82) is 0 Å². The molecule has 1 fully saturated rings. The molecule has 1 aliphatic rings. The van der Waals surface area contributed by atoms with E-state index in [9.17, 15) is 13.2 Å². The highest BCUT2D eigenvalue weighted by molar-refractivity contribution is 7.89. The van der Waals surface area contributed by atoms with Crippen LogP contribution in [-0.2, 0) is 14.8 Å². The van der Waals surface area contributed by atoms with Gasteiger partial charge in [-0.1, -0.05) is 0 Å². The van der Waals surface area contributed by atoms with Gasteiger partial charge in [0.1, 0.15) is 0 Å². The lowest BCUT2D eigenvalue weighted by atomic mass is 9.93. The second-order valence-corrected chi connectivity index (χ2v) is 6.46. The number of aromatic amines is 1. The minimum atomic E-state index is -3.51. The van der Waals surface area contributed by atoms with Gasteiger partial charge in [0.25, 0.3) is 0 Å². The van der Waals surface area contributed by atoms with E-state index >= 15 is 0 Å². The Morgan fingerprint density at radius 2 is 2.28 bits per heavy atom. The number of carboxylic acid groups (broad SMARTS) is 1. The largest absolute Gasteiger partial charge is 0.481 e. The summed E-state index contributed by atoms with van der Waals surface area (Å²) >= 11 is 0. The molecule has 1 saturated heterocycles. The molecule has 2 rings (SSSR count). The van der Waals surface area contributed by atoms with Crippen molar-refractivity contribution in [2.24, 2.45) is 5.92 Å². The molecule has 0 amide bonds. The van der Waals surface area contributed by atoms with Gasteiger partial charge in [-0.05, 0) is 25.8 Å². The monoisotopic (exact) mass is 272 g/mol. The summed E-state index contributed by atoms with van der Waals surface area (Å²) in [5, 5.41) is 8.96. The summed E-state index contributed by atoms with van der Waals surface area (Å²) in [6, 6.07) is 1.21. The molecule has 100 valence electrons. The molecule has 18 heavy (non-hydrogen) atoms. The minimum Gasteiger partial charge on any atom is -0.481 e. The molecule has 2 heterocycles. The number of aliphatic carboxylic acids is 1.